The number of azide groups is 1. The van der Waals surface area contributed by atoms with E-state index in [1.54, 1.807) is 0 Å². The molecule has 0 radical (unpaired) electrons. The van der Waals surface area contributed by atoms with E-state index in [1.165, 1.54) is 0 Å². The summed E-state index contributed by atoms with van der Waals surface area (Å²) in [6.45, 7) is 18.2. The molecule has 0 aromatic carbocycles. The largest absolute Gasteiger partial charge is 0.546 e. The van der Waals surface area contributed by atoms with E-state index in [1.807, 2.05) is 0 Å². The lowest BCUT2D eigenvalue weighted by Gasteiger charge is -2.44. The van der Waals surface area contributed by atoms with Gasteiger partial charge in [-0.2, -0.15) is 0 Å². The molecule has 23 heavy (non-hydrogen) atoms. The molecular formula is C18H35N3OSi. The third-order valence-corrected chi connectivity index (χ3v) is 11.6. The van der Waals surface area contributed by atoms with Crippen molar-refractivity contribution in [1.29, 1.82) is 0 Å². The van der Waals surface area contributed by atoms with Crippen molar-refractivity contribution < 1.29 is 4.43 Å². The fourth-order valence-electron chi connectivity index (χ4n) is 4.45. The SMILES string of the molecule is CC(C)[C@@H]1CCC(O[Si](C(C)C)(C(C)C)C(C)C)=C[C@@H]1N=[N+]=[N-]. The van der Waals surface area contributed by atoms with E-state index in [-0.39, 0.29) is 6.04 Å². The van der Waals surface area contributed by atoms with E-state index >= 15 is 0 Å². The smallest absolute Gasteiger partial charge is 0.258 e. The van der Waals surface area contributed by atoms with Gasteiger partial charge in [-0.25, -0.2) is 0 Å². The van der Waals surface area contributed by atoms with Crippen molar-refractivity contribution >= 4 is 8.32 Å². The Hall–Kier alpha value is -0.933. The Morgan fingerprint density at radius 3 is 2.00 bits per heavy atom. The molecule has 2 atom stereocenters. The second-order valence-electron chi connectivity index (χ2n) is 8.19. The second-order valence-corrected chi connectivity index (χ2v) is 13.6. The number of rotatable bonds is 7. The van der Waals surface area contributed by atoms with Gasteiger partial charge in [0.05, 0.1) is 11.8 Å². The van der Waals surface area contributed by atoms with Gasteiger partial charge in [0.25, 0.3) is 8.32 Å². The average Bonchev–Trinajstić information content (AvgIpc) is 2.43. The van der Waals surface area contributed by atoms with Crippen LogP contribution in [0.1, 0.15) is 68.2 Å². The van der Waals surface area contributed by atoms with Gasteiger partial charge in [-0.15, -0.1) is 0 Å². The van der Waals surface area contributed by atoms with Gasteiger partial charge in [0.1, 0.15) is 0 Å². The van der Waals surface area contributed by atoms with Gasteiger partial charge in [-0.3, -0.25) is 0 Å². The van der Waals surface area contributed by atoms with E-state index in [9.17, 15) is 0 Å². The van der Waals surface area contributed by atoms with Crippen molar-refractivity contribution in [3.63, 3.8) is 0 Å². The van der Waals surface area contributed by atoms with Gasteiger partial charge >= 0.3 is 0 Å². The molecule has 0 heterocycles. The molecular weight excluding hydrogens is 302 g/mol. The summed E-state index contributed by atoms with van der Waals surface area (Å²) in [7, 11) is -1.92. The molecule has 1 rings (SSSR count). The van der Waals surface area contributed by atoms with Crippen molar-refractivity contribution in [3.05, 3.63) is 22.3 Å². The minimum absolute atomic E-state index is 0.0677. The van der Waals surface area contributed by atoms with Gasteiger partial charge in [0, 0.05) is 11.3 Å². The fraction of sp³-hybridized carbons (Fsp3) is 0.889. The molecule has 1 aliphatic rings. The van der Waals surface area contributed by atoms with Crippen LogP contribution in [0.15, 0.2) is 16.9 Å². The Morgan fingerprint density at radius 1 is 1.09 bits per heavy atom. The highest BCUT2D eigenvalue weighted by Crippen LogP contribution is 2.45. The molecule has 4 nitrogen and oxygen atoms in total. The first-order valence-electron chi connectivity index (χ1n) is 9.10. The Kier molecular flexibility index (Phi) is 7.21. The Morgan fingerprint density at radius 2 is 1.61 bits per heavy atom. The zero-order valence-corrected chi connectivity index (χ0v) is 17.2. The van der Waals surface area contributed by atoms with Gasteiger partial charge in [-0.05, 0) is 46.5 Å². The van der Waals surface area contributed by atoms with Crippen LogP contribution in [0, 0.1) is 11.8 Å². The van der Waals surface area contributed by atoms with Crippen LogP contribution in [-0.4, -0.2) is 14.4 Å². The molecule has 0 amide bonds. The van der Waals surface area contributed by atoms with Crippen LogP contribution in [0.4, 0.5) is 0 Å². The summed E-state index contributed by atoms with van der Waals surface area (Å²) in [5.41, 5.74) is 10.6. The fourth-order valence-corrected chi connectivity index (χ4v) is 9.78. The molecule has 1 aliphatic carbocycles. The molecule has 5 heteroatoms. The maximum Gasteiger partial charge on any atom is 0.258 e. The lowest BCUT2D eigenvalue weighted by atomic mass is 9.81. The van der Waals surface area contributed by atoms with Gasteiger partial charge in [-0.1, -0.05) is 60.5 Å². The predicted octanol–water partition coefficient (Wildman–Crippen LogP) is 6.81. The zero-order chi connectivity index (χ0) is 17.8. The van der Waals surface area contributed by atoms with Crippen molar-refractivity contribution in [2.24, 2.45) is 17.0 Å². The first-order chi connectivity index (χ1) is 10.7. The number of allylic oxidation sites excluding steroid dienone is 1. The molecule has 0 spiro atoms. The number of hydrogen-bond donors (Lipinski definition) is 0. The van der Waals surface area contributed by atoms with Crippen molar-refractivity contribution in [1.82, 2.24) is 0 Å². The summed E-state index contributed by atoms with van der Waals surface area (Å²) in [4.78, 5) is 3.06. The quantitative estimate of drug-likeness (QED) is 0.218. The Labute approximate surface area is 143 Å². The first kappa shape index (κ1) is 20.1. The number of nitrogens with zero attached hydrogens (tertiary/aromatic N) is 3. The van der Waals surface area contributed by atoms with Crippen LogP contribution in [0.3, 0.4) is 0 Å². The maximum absolute atomic E-state index is 8.90. The van der Waals surface area contributed by atoms with E-state index in [0.29, 0.717) is 28.5 Å². The molecule has 0 fully saturated rings. The lowest BCUT2D eigenvalue weighted by Crippen LogP contribution is -2.48. The monoisotopic (exact) mass is 337 g/mol. The molecule has 0 bridgehead atoms. The van der Waals surface area contributed by atoms with E-state index in [0.717, 1.165) is 18.6 Å². The highest BCUT2D eigenvalue weighted by Gasteiger charge is 2.47. The van der Waals surface area contributed by atoms with Crippen LogP contribution in [0.25, 0.3) is 10.4 Å². The van der Waals surface area contributed by atoms with Crippen LogP contribution >= 0.6 is 0 Å². The summed E-state index contributed by atoms with van der Waals surface area (Å²) in [5.74, 6) is 2.01. The van der Waals surface area contributed by atoms with E-state index in [2.05, 4.69) is 71.5 Å². The molecule has 0 N–H and O–H groups in total. The summed E-state index contributed by atoms with van der Waals surface area (Å²) >= 11 is 0. The van der Waals surface area contributed by atoms with E-state index in [4.69, 9.17) is 9.96 Å². The Bertz CT molecular complexity index is 443. The summed E-state index contributed by atoms with van der Waals surface area (Å²) in [6.07, 6.45) is 4.13. The maximum atomic E-state index is 8.90. The van der Waals surface area contributed by atoms with Crippen molar-refractivity contribution in [2.75, 3.05) is 0 Å². The molecule has 0 unspecified atom stereocenters. The van der Waals surface area contributed by atoms with Crippen LogP contribution in [0.2, 0.25) is 16.6 Å². The first-order valence-corrected chi connectivity index (χ1v) is 11.2. The van der Waals surface area contributed by atoms with Gasteiger partial charge in [0.2, 0.25) is 0 Å². The Balaban J connectivity index is 3.14. The third-order valence-electron chi connectivity index (χ3n) is 5.58. The normalized spacial score (nSPS) is 22.5. The van der Waals surface area contributed by atoms with E-state index < -0.39 is 8.32 Å². The predicted molar refractivity (Wildman–Crippen MR) is 101 cm³/mol. The zero-order valence-electron chi connectivity index (χ0n) is 16.2. The van der Waals surface area contributed by atoms with Crippen LogP contribution in [-0.2, 0) is 4.43 Å². The number of hydrogen-bond acceptors (Lipinski definition) is 2. The molecule has 0 saturated carbocycles. The van der Waals surface area contributed by atoms with Gasteiger partial charge in [0.15, 0.2) is 0 Å². The van der Waals surface area contributed by atoms with Crippen LogP contribution < -0.4 is 0 Å². The molecule has 0 aromatic heterocycles. The average molecular weight is 338 g/mol. The molecule has 0 aliphatic heterocycles. The lowest BCUT2D eigenvalue weighted by molar-refractivity contribution is 0.266. The summed E-state index contributed by atoms with van der Waals surface area (Å²) in [5, 5.41) is 4.04. The third kappa shape index (κ3) is 4.33. The second kappa shape index (κ2) is 8.25. The molecule has 0 aromatic rings. The topological polar surface area (TPSA) is 58.0 Å². The minimum atomic E-state index is -1.92. The summed E-state index contributed by atoms with van der Waals surface area (Å²) < 4.78 is 6.78. The highest BCUT2D eigenvalue weighted by atomic mass is 28.4. The minimum Gasteiger partial charge on any atom is -0.546 e. The molecule has 132 valence electrons. The van der Waals surface area contributed by atoms with Crippen LogP contribution in [0.5, 0.6) is 0 Å². The van der Waals surface area contributed by atoms with Crippen molar-refractivity contribution in [3.8, 4) is 0 Å². The standard InChI is InChI=1S/C18H35N3OSi/c1-12(2)17-10-9-16(11-18(17)20-21-19)22-23(13(3)4,14(5)6)15(7)8/h11-15,17-18H,9-10H2,1-8H3/t17-,18-/m0/s1. The highest BCUT2D eigenvalue weighted by molar-refractivity contribution is 6.77. The summed E-state index contributed by atoms with van der Waals surface area (Å²) in [6, 6.07) is -0.0677. The van der Waals surface area contributed by atoms with Crippen molar-refractivity contribution in [2.45, 2.75) is 90.9 Å². The molecule has 0 saturated heterocycles. The van der Waals surface area contributed by atoms with Gasteiger partial charge < -0.3 is 4.43 Å².